The van der Waals surface area contributed by atoms with Crippen molar-refractivity contribution in [1.29, 1.82) is 0 Å². The van der Waals surface area contributed by atoms with Crippen LogP contribution in [0.3, 0.4) is 0 Å². The van der Waals surface area contributed by atoms with Crippen molar-refractivity contribution >= 4 is 17.9 Å². The third-order valence-corrected chi connectivity index (χ3v) is 13.5. The van der Waals surface area contributed by atoms with Crippen LogP contribution in [0.2, 0.25) is 0 Å². The Bertz CT molecular complexity index is 1810. The first-order valence-corrected chi connectivity index (χ1v) is 33.0. The molecule has 0 aliphatic rings. The molecule has 1 atom stereocenters. The summed E-state index contributed by atoms with van der Waals surface area (Å²) in [5.41, 5.74) is 0. The highest BCUT2D eigenvalue weighted by Gasteiger charge is 2.19. The molecule has 81 heavy (non-hydrogen) atoms. The van der Waals surface area contributed by atoms with Gasteiger partial charge in [-0.2, -0.15) is 0 Å². The van der Waals surface area contributed by atoms with Crippen molar-refractivity contribution in [3.8, 4) is 0 Å². The van der Waals surface area contributed by atoms with Crippen molar-refractivity contribution in [3.63, 3.8) is 0 Å². The quantitative estimate of drug-likeness (QED) is 0.0261. The van der Waals surface area contributed by atoms with Crippen molar-refractivity contribution in [2.24, 2.45) is 0 Å². The van der Waals surface area contributed by atoms with E-state index in [0.717, 1.165) is 173 Å². The first kappa shape index (κ1) is 76.0. The molecule has 0 rings (SSSR count). The van der Waals surface area contributed by atoms with Gasteiger partial charge in [0.1, 0.15) is 13.2 Å². The first-order valence-electron chi connectivity index (χ1n) is 33.0. The maximum Gasteiger partial charge on any atom is 0.306 e. The molecule has 0 spiro atoms. The Morgan fingerprint density at radius 2 is 0.481 bits per heavy atom. The van der Waals surface area contributed by atoms with E-state index in [1.807, 2.05) is 0 Å². The molecule has 6 nitrogen and oxygen atoms in total. The highest BCUT2D eigenvalue weighted by atomic mass is 16.6. The van der Waals surface area contributed by atoms with Gasteiger partial charge in [-0.15, -0.1) is 0 Å². The molecule has 0 N–H and O–H groups in total. The Kier molecular flexibility index (Phi) is 63.4. The fourth-order valence-corrected chi connectivity index (χ4v) is 8.63. The zero-order valence-electron chi connectivity index (χ0n) is 52.2. The van der Waals surface area contributed by atoms with Crippen molar-refractivity contribution in [3.05, 3.63) is 158 Å². The highest BCUT2D eigenvalue weighted by Crippen LogP contribution is 2.15. The molecule has 1 unspecified atom stereocenters. The van der Waals surface area contributed by atoms with Gasteiger partial charge in [0.2, 0.25) is 0 Å². The number of ether oxygens (including phenoxy) is 3. The van der Waals surface area contributed by atoms with Crippen LogP contribution in [0, 0.1) is 0 Å². The summed E-state index contributed by atoms with van der Waals surface area (Å²) in [5, 5.41) is 0. The zero-order valence-corrected chi connectivity index (χ0v) is 52.2. The Hall–Kier alpha value is -4.97. The minimum Gasteiger partial charge on any atom is -0.462 e. The van der Waals surface area contributed by atoms with Crippen LogP contribution in [0.5, 0.6) is 0 Å². The normalized spacial score (nSPS) is 13.2. The molecule has 0 heterocycles. The lowest BCUT2D eigenvalue weighted by atomic mass is 10.0. The van der Waals surface area contributed by atoms with Crippen molar-refractivity contribution < 1.29 is 28.6 Å². The summed E-state index contributed by atoms with van der Waals surface area (Å²) in [7, 11) is 0. The Morgan fingerprint density at radius 1 is 0.259 bits per heavy atom. The van der Waals surface area contributed by atoms with Gasteiger partial charge in [0.15, 0.2) is 6.10 Å². The summed E-state index contributed by atoms with van der Waals surface area (Å²) in [5.74, 6) is -0.942. The van der Waals surface area contributed by atoms with Crippen molar-refractivity contribution in [1.82, 2.24) is 0 Å². The molecule has 0 aliphatic carbocycles. The second-order valence-corrected chi connectivity index (χ2v) is 21.3. The second kappa shape index (κ2) is 67.5. The van der Waals surface area contributed by atoms with E-state index in [-0.39, 0.29) is 31.1 Å². The lowest BCUT2D eigenvalue weighted by molar-refractivity contribution is -0.167. The molecule has 0 aromatic carbocycles. The maximum atomic E-state index is 12.9. The van der Waals surface area contributed by atoms with Gasteiger partial charge < -0.3 is 14.2 Å². The van der Waals surface area contributed by atoms with E-state index in [4.69, 9.17) is 14.2 Å². The highest BCUT2D eigenvalue weighted by molar-refractivity contribution is 5.71. The van der Waals surface area contributed by atoms with Crippen LogP contribution in [0.1, 0.15) is 278 Å². The van der Waals surface area contributed by atoms with E-state index in [2.05, 4.69) is 179 Å². The zero-order chi connectivity index (χ0) is 58.5. The summed E-state index contributed by atoms with van der Waals surface area (Å²) in [6.45, 7) is 6.31. The van der Waals surface area contributed by atoms with Crippen LogP contribution in [-0.4, -0.2) is 37.2 Å². The van der Waals surface area contributed by atoms with Gasteiger partial charge in [-0.1, -0.05) is 275 Å². The van der Waals surface area contributed by atoms with E-state index in [9.17, 15) is 14.4 Å². The predicted octanol–water partition coefficient (Wildman–Crippen LogP) is 22.9. The van der Waals surface area contributed by atoms with Crippen molar-refractivity contribution in [2.75, 3.05) is 13.2 Å². The summed E-state index contributed by atoms with van der Waals surface area (Å²) in [6, 6.07) is 0. The average Bonchev–Trinajstić information content (AvgIpc) is 3.46. The molecule has 0 saturated carbocycles. The van der Waals surface area contributed by atoms with Gasteiger partial charge in [0.25, 0.3) is 0 Å². The van der Waals surface area contributed by atoms with Crippen molar-refractivity contribution in [2.45, 2.75) is 284 Å². The lowest BCUT2D eigenvalue weighted by Crippen LogP contribution is -2.30. The molecule has 0 bridgehead atoms. The van der Waals surface area contributed by atoms with Gasteiger partial charge in [-0.25, -0.2) is 0 Å². The molecule has 0 fully saturated rings. The van der Waals surface area contributed by atoms with E-state index < -0.39 is 6.10 Å². The summed E-state index contributed by atoms with van der Waals surface area (Å²) < 4.78 is 16.9. The molecule has 0 amide bonds. The fourth-order valence-electron chi connectivity index (χ4n) is 8.63. The van der Waals surface area contributed by atoms with Crippen LogP contribution in [0.25, 0.3) is 0 Å². The smallest absolute Gasteiger partial charge is 0.306 e. The van der Waals surface area contributed by atoms with Gasteiger partial charge in [-0.05, 0) is 141 Å². The molecule has 0 aromatic rings. The Morgan fingerprint density at radius 3 is 0.753 bits per heavy atom. The first-order chi connectivity index (χ1) is 40.0. The molecule has 0 aromatic heterocycles. The van der Waals surface area contributed by atoms with Crippen LogP contribution < -0.4 is 0 Å². The number of hydrogen-bond donors (Lipinski definition) is 0. The minimum atomic E-state index is -0.805. The van der Waals surface area contributed by atoms with E-state index in [1.54, 1.807) is 0 Å². The van der Waals surface area contributed by atoms with Gasteiger partial charge in [-0.3, -0.25) is 14.4 Å². The number of carbonyl (C=O) groups excluding carboxylic acids is 3. The minimum absolute atomic E-state index is 0.0992. The molecule has 0 aliphatic heterocycles. The molecule has 0 saturated heterocycles. The van der Waals surface area contributed by atoms with Crippen LogP contribution in [0.4, 0.5) is 0 Å². The largest absolute Gasteiger partial charge is 0.462 e. The molecule has 6 heteroatoms. The average molecular weight is 1120 g/mol. The van der Waals surface area contributed by atoms with Crippen LogP contribution in [-0.2, 0) is 28.6 Å². The summed E-state index contributed by atoms with van der Waals surface area (Å²) in [6.07, 6.45) is 98.3. The van der Waals surface area contributed by atoms with Crippen LogP contribution in [0.15, 0.2) is 158 Å². The second-order valence-electron chi connectivity index (χ2n) is 21.3. The van der Waals surface area contributed by atoms with E-state index >= 15 is 0 Å². The SMILES string of the molecule is CC/C=C\C/C=C\C/C=C\C/C=C\C/C=C\C/C=C\C/C=C\CCCCCCCCCCCCCC(=O)OCC(COC(=O)CCCCCCC/C=C\C/C=C\CCC)OC(=O)CCCCCC/C=C\C/C=C\C/C=C\C/C=C\CC. The molecular weight excluding hydrogens is 997 g/mol. The van der Waals surface area contributed by atoms with Gasteiger partial charge in [0.05, 0.1) is 0 Å². The maximum absolute atomic E-state index is 12.9. The van der Waals surface area contributed by atoms with Gasteiger partial charge in [0, 0.05) is 19.3 Å². The third-order valence-electron chi connectivity index (χ3n) is 13.5. The Balaban J connectivity index is 4.29. The molecule has 0 radical (unpaired) electrons. The number of allylic oxidation sites excluding steroid dienone is 26. The number of esters is 3. The fraction of sp³-hybridized carbons (Fsp3) is 0.613. The summed E-state index contributed by atoms with van der Waals surface area (Å²) in [4.78, 5) is 38.3. The number of unbranched alkanes of at least 4 members (excludes halogenated alkanes) is 21. The topological polar surface area (TPSA) is 78.9 Å². The Labute approximate surface area is 499 Å². The summed E-state index contributed by atoms with van der Waals surface area (Å²) >= 11 is 0. The van der Waals surface area contributed by atoms with Gasteiger partial charge >= 0.3 is 17.9 Å². The monoisotopic (exact) mass is 1120 g/mol. The molecular formula is C75H120O6. The van der Waals surface area contributed by atoms with Crippen LogP contribution >= 0.6 is 0 Å². The molecule has 456 valence electrons. The van der Waals surface area contributed by atoms with E-state index in [0.29, 0.717) is 19.3 Å². The standard InChI is InChI=1S/C75H120O6/c1-4-7-10-13-16-19-22-25-27-29-30-31-32-33-34-35-36-37-38-39-40-41-42-43-44-46-47-50-53-56-59-62-65-68-74(77)80-71-72(70-79-73(76)67-64-61-58-55-52-49-24-21-18-15-12-9-6-3)81-75(78)69-66-63-60-57-54-51-48-45-28-26-23-20-17-14-11-8-5-2/h7-8,10-12,15-17,19-21,24-28,30-31,33-34,36-37,39-40,48,51,72H,4-6,9,13-14,18,22-23,29,32,35,38,41-47,49-50,52-71H2,1-3H3/b10-7-,11-8-,15-12-,19-16-,20-17-,24-21-,27-25-,28-26-,31-30-,34-33-,37-36-,40-39-,51-48-. The number of hydrogen-bond acceptors (Lipinski definition) is 6. The number of rotatable bonds is 58. The predicted molar refractivity (Wildman–Crippen MR) is 352 cm³/mol. The lowest BCUT2D eigenvalue weighted by Gasteiger charge is -2.18. The third kappa shape index (κ3) is 65.7. The van der Waals surface area contributed by atoms with E-state index in [1.165, 1.54) is 64.2 Å². The number of carbonyl (C=O) groups is 3.